The standard InChI is InChI=1S/C45H90NO8P/c1-3-5-7-9-11-13-15-17-19-20-21-22-24-26-28-30-32-34-36-38-45(48)54-43(42-53-55(49,50)52-40-39-46)41-51-44(47)37-35-33-31-29-27-25-23-18-16-14-12-10-8-6-4-2/h43H,3-42,46H2,1-2H3,(H,49,50)/t43-/m1/s1. The van der Waals surface area contributed by atoms with Crippen LogP contribution in [0.15, 0.2) is 0 Å². The summed E-state index contributed by atoms with van der Waals surface area (Å²) in [7, 11) is -4.37. The van der Waals surface area contributed by atoms with Crippen molar-refractivity contribution in [3.8, 4) is 0 Å². The first-order chi connectivity index (χ1) is 26.8. The second kappa shape index (κ2) is 42.6. The normalized spacial score (nSPS) is 13.2. The first-order valence-corrected chi connectivity index (χ1v) is 25.0. The Bertz CT molecular complexity index is 876. The summed E-state index contributed by atoms with van der Waals surface area (Å²) in [6.07, 6.45) is 42.7. The Hall–Kier alpha value is -0.990. The minimum absolute atomic E-state index is 0.0582. The van der Waals surface area contributed by atoms with Gasteiger partial charge in [0.2, 0.25) is 0 Å². The number of hydrogen-bond donors (Lipinski definition) is 2. The Morgan fingerprint density at radius 3 is 1.11 bits per heavy atom. The second-order valence-corrected chi connectivity index (χ2v) is 17.4. The summed E-state index contributed by atoms with van der Waals surface area (Å²) < 4.78 is 32.9. The number of carbonyl (C=O) groups excluding carboxylic acids is 2. The van der Waals surface area contributed by atoms with Gasteiger partial charge in [-0.15, -0.1) is 0 Å². The number of nitrogens with two attached hydrogens (primary N) is 1. The fourth-order valence-corrected chi connectivity index (χ4v) is 7.76. The summed E-state index contributed by atoms with van der Waals surface area (Å²) >= 11 is 0. The summed E-state index contributed by atoms with van der Waals surface area (Å²) in [5.41, 5.74) is 5.36. The molecule has 9 nitrogen and oxygen atoms in total. The molecule has 0 aromatic heterocycles. The van der Waals surface area contributed by atoms with Crippen LogP contribution in [0.4, 0.5) is 0 Å². The van der Waals surface area contributed by atoms with Gasteiger partial charge in [-0.05, 0) is 12.8 Å². The zero-order chi connectivity index (χ0) is 40.3. The first kappa shape index (κ1) is 54.0. The lowest BCUT2D eigenvalue weighted by Crippen LogP contribution is -2.29. The van der Waals surface area contributed by atoms with Gasteiger partial charge in [-0.25, -0.2) is 4.57 Å². The fraction of sp³-hybridized carbons (Fsp3) is 0.956. The lowest BCUT2D eigenvalue weighted by molar-refractivity contribution is -0.161. The Balaban J connectivity index is 4.04. The van der Waals surface area contributed by atoms with Crippen molar-refractivity contribution < 1.29 is 37.6 Å². The van der Waals surface area contributed by atoms with E-state index in [0.29, 0.717) is 6.42 Å². The van der Waals surface area contributed by atoms with E-state index in [1.54, 1.807) is 0 Å². The number of ether oxygens (including phenoxy) is 2. The number of carbonyl (C=O) groups is 2. The third kappa shape index (κ3) is 42.4. The van der Waals surface area contributed by atoms with Gasteiger partial charge < -0.3 is 20.1 Å². The largest absolute Gasteiger partial charge is 0.472 e. The topological polar surface area (TPSA) is 134 Å². The number of hydrogen-bond acceptors (Lipinski definition) is 8. The van der Waals surface area contributed by atoms with Gasteiger partial charge in [0.1, 0.15) is 6.61 Å². The van der Waals surface area contributed by atoms with Gasteiger partial charge in [0.05, 0.1) is 13.2 Å². The van der Waals surface area contributed by atoms with Gasteiger partial charge >= 0.3 is 19.8 Å². The highest BCUT2D eigenvalue weighted by atomic mass is 31.2. The van der Waals surface area contributed by atoms with Crippen molar-refractivity contribution in [1.82, 2.24) is 0 Å². The van der Waals surface area contributed by atoms with E-state index in [0.717, 1.165) is 32.1 Å². The third-order valence-electron chi connectivity index (χ3n) is 10.5. The van der Waals surface area contributed by atoms with Crippen LogP contribution in [0.5, 0.6) is 0 Å². The Morgan fingerprint density at radius 1 is 0.473 bits per heavy atom. The van der Waals surface area contributed by atoms with E-state index in [2.05, 4.69) is 13.8 Å². The summed E-state index contributed by atoms with van der Waals surface area (Å²) in [5.74, 6) is -0.809. The van der Waals surface area contributed by atoms with Crippen LogP contribution in [0.2, 0.25) is 0 Å². The molecule has 2 atom stereocenters. The van der Waals surface area contributed by atoms with E-state index >= 15 is 0 Å². The van der Waals surface area contributed by atoms with Gasteiger partial charge in [-0.1, -0.05) is 219 Å². The summed E-state index contributed by atoms with van der Waals surface area (Å²) in [5, 5.41) is 0. The van der Waals surface area contributed by atoms with Crippen LogP contribution in [-0.2, 0) is 32.7 Å². The Morgan fingerprint density at radius 2 is 0.782 bits per heavy atom. The van der Waals surface area contributed by atoms with E-state index in [4.69, 9.17) is 24.3 Å². The quantitative estimate of drug-likeness (QED) is 0.0350. The molecule has 0 saturated heterocycles. The second-order valence-electron chi connectivity index (χ2n) is 16.0. The Kier molecular flexibility index (Phi) is 41.8. The van der Waals surface area contributed by atoms with Gasteiger partial charge in [-0.2, -0.15) is 0 Å². The number of rotatable bonds is 45. The molecule has 0 bridgehead atoms. The van der Waals surface area contributed by atoms with Crippen LogP contribution in [0.3, 0.4) is 0 Å². The predicted molar refractivity (Wildman–Crippen MR) is 229 cm³/mol. The highest BCUT2D eigenvalue weighted by Crippen LogP contribution is 2.43. The molecule has 0 amide bonds. The molecule has 0 spiro atoms. The van der Waals surface area contributed by atoms with Crippen molar-refractivity contribution >= 4 is 19.8 Å². The van der Waals surface area contributed by atoms with Crippen LogP contribution in [-0.4, -0.2) is 49.3 Å². The molecule has 0 aromatic rings. The summed E-state index contributed by atoms with van der Waals surface area (Å²) in [6, 6.07) is 0. The van der Waals surface area contributed by atoms with Crippen molar-refractivity contribution in [2.75, 3.05) is 26.4 Å². The average Bonchev–Trinajstić information content (AvgIpc) is 3.17. The molecule has 0 aliphatic carbocycles. The van der Waals surface area contributed by atoms with Gasteiger partial charge in [-0.3, -0.25) is 18.6 Å². The van der Waals surface area contributed by atoms with Crippen LogP contribution < -0.4 is 5.73 Å². The van der Waals surface area contributed by atoms with Gasteiger partial charge in [0.15, 0.2) is 6.10 Å². The van der Waals surface area contributed by atoms with Crippen molar-refractivity contribution in [2.45, 2.75) is 251 Å². The maximum atomic E-state index is 12.6. The SMILES string of the molecule is CCCCCCCCCCCCCCCCCCCCCC(=O)O[C@H](COC(=O)CCCCCCCCCCCCCCCCC)COP(=O)(O)OCCN. The molecule has 0 aromatic carbocycles. The molecule has 0 aliphatic rings. The van der Waals surface area contributed by atoms with E-state index in [1.807, 2.05) is 0 Å². The zero-order valence-electron chi connectivity index (χ0n) is 36.2. The van der Waals surface area contributed by atoms with E-state index in [-0.39, 0.29) is 38.6 Å². The van der Waals surface area contributed by atoms with Crippen LogP contribution >= 0.6 is 7.82 Å². The lowest BCUT2D eigenvalue weighted by Gasteiger charge is -2.19. The minimum atomic E-state index is -4.37. The molecule has 3 N–H and O–H groups in total. The van der Waals surface area contributed by atoms with Crippen LogP contribution in [0.25, 0.3) is 0 Å². The molecule has 0 saturated carbocycles. The molecule has 328 valence electrons. The van der Waals surface area contributed by atoms with Crippen LogP contribution in [0.1, 0.15) is 245 Å². The maximum Gasteiger partial charge on any atom is 0.472 e. The monoisotopic (exact) mass is 804 g/mol. The highest BCUT2D eigenvalue weighted by Gasteiger charge is 2.26. The number of phosphoric ester groups is 1. The average molecular weight is 804 g/mol. The third-order valence-corrected chi connectivity index (χ3v) is 11.5. The minimum Gasteiger partial charge on any atom is -0.462 e. The Labute approximate surface area is 339 Å². The van der Waals surface area contributed by atoms with Crippen molar-refractivity contribution in [3.63, 3.8) is 0 Å². The molecule has 10 heteroatoms. The predicted octanol–water partition coefficient (Wildman–Crippen LogP) is 13.6. The van der Waals surface area contributed by atoms with Gasteiger partial charge in [0, 0.05) is 19.4 Å². The fourth-order valence-electron chi connectivity index (χ4n) is 6.99. The highest BCUT2D eigenvalue weighted by molar-refractivity contribution is 7.47. The maximum absolute atomic E-state index is 12.6. The van der Waals surface area contributed by atoms with E-state index in [1.165, 1.54) is 180 Å². The molecular formula is C45H90NO8P. The molecule has 0 rings (SSSR count). The number of unbranched alkanes of at least 4 members (excludes halogenated alkanes) is 32. The molecule has 0 aliphatic heterocycles. The smallest absolute Gasteiger partial charge is 0.462 e. The van der Waals surface area contributed by atoms with E-state index in [9.17, 15) is 19.0 Å². The molecular weight excluding hydrogens is 713 g/mol. The molecule has 0 fully saturated rings. The van der Waals surface area contributed by atoms with Crippen molar-refractivity contribution in [2.24, 2.45) is 5.73 Å². The molecule has 0 radical (unpaired) electrons. The lowest BCUT2D eigenvalue weighted by atomic mass is 10.0. The number of phosphoric acid groups is 1. The van der Waals surface area contributed by atoms with Crippen LogP contribution in [0, 0.1) is 0 Å². The molecule has 0 heterocycles. The van der Waals surface area contributed by atoms with Gasteiger partial charge in [0.25, 0.3) is 0 Å². The first-order valence-electron chi connectivity index (χ1n) is 23.5. The number of esters is 2. The van der Waals surface area contributed by atoms with Crippen molar-refractivity contribution in [1.29, 1.82) is 0 Å². The van der Waals surface area contributed by atoms with E-state index < -0.39 is 26.5 Å². The zero-order valence-corrected chi connectivity index (χ0v) is 37.1. The molecule has 55 heavy (non-hydrogen) atoms. The van der Waals surface area contributed by atoms with Crippen molar-refractivity contribution in [3.05, 3.63) is 0 Å². The summed E-state index contributed by atoms with van der Waals surface area (Å²) in [6.45, 7) is 3.79. The summed E-state index contributed by atoms with van der Waals surface area (Å²) in [4.78, 5) is 34.9. The molecule has 1 unspecified atom stereocenters.